The van der Waals surface area contributed by atoms with Crippen LogP contribution in [0, 0.1) is 9.39 Å². The second-order valence-corrected chi connectivity index (χ2v) is 7.16. The van der Waals surface area contributed by atoms with E-state index in [0.29, 0.717) is 15.8 Å². The molecule has 0 bridgehead atoms. The van der Waals surface area contributed by atoms with Crippen molar-refractivity contribution < 1.29 is 12.8 Å². The summed E-state index contributed by atoms with van der Waals surface area (Å²) in [4.78, 5) is 0. The van der Waals surface area contributed by atoms with Crippen molar-refractivity contribution in [2.45, 2.75) is 19.9 Å². The summed E-state index contributed by atoms with van der Waals surface area (Å²) in [5.41, 5.74) is 0.404. The summed E-state index contributed by atoms with van der Waals surface area (Å²) >= 11 is 1.89. The molecular formula is C11H16FIN2O2S. The molecule has 0 fully saturated rings. The maximum absolute atomic E-state index is 12.9. The van der Waals surface area contributed by atoms with Crippen molar-refractivity contribution >= 4 is 38.3 Å². The summed E-state index contributed by atoms with van der Waals surface area (Å²) < 4.78 is 39.4. The Morgan fingerprint density at radius 3 is 2.61 bits per heavy atom. The third-order valence-corrected chi connectivity index (χ3v) is 4.28. The van der Waals surface area contributed by atoms with E-state index in [0.717, 1.165) is 0 Å². The first kappa shape index (κ1) is 15.6. The smallest absolute Gasteiger partial charge is 0.234 e. The minimum absolute atomic E-state index is 0.0152. The molecule has 1 rings (SSSR count). The molecule has 1 aromatic carbocycles. The summed E-state index contributed by atoms with van der Waals surface area (Å²) in [5.74, 6) is -0.401. The van der Waals surface area contributed by atoms with Gasteiger partial charge in [-0.25, -0.2) is 12.8 Å². The van der Waals surface area contributed by atoms with Gasteiger partial charge >= 0.3 is 0 Å². The molecule has 0 aromatic heterocycles. The van der Waals surface area contributed by atoms with Crippen molar-refractivity contribution in [1.82, 2.24) is 5.32 Å². The molecular weight excluding hydrogens is 370 g/mol. The Hall–Kier alpha value is -0.410. The highest BCUT2D eigenvalue weighted by Gasteiger charge is 2.12. The predicted octanol–water partition coefficient (Wildman–Crippen LogP) is 2.17. The van der Waals surface area contributed by atoms with Crippen LogP contribution in [0.3, 0.4) is 0 Å². The molecule has 0 aliphatic carbocycles. The van der Waals surface area contributed by atoms with E-state index < -0.39 is 10.0 Å². The summed E-state index contributed by atoms with van der Waals surface area (Å²) in [6.07, 6.45) is 0. The Labute approximate surface area is 121 Å². The molecule has 0 heterocycles. The van der Waals surface area contributed by atoms with Crippen molar-refractivity contribution in [3.63, 3.8) is 0 Å². The van der Waals surface area contributed by atoms with E-state index in [-0.39, 0.29) is 17.6 Å². The molecule has 0 saturated heterocycles. The van der Waals surface area contributed by atoms with E-state index in [9.17, 15) is 12.8 Å². The van der Waals surface area contributed by atoms with Gasteiger partial charge in [0.2, 0.25) is 10.0 Å². The van der Waals surface area contributed by atoms with Gasteiger partial charge in [0, 0.05) is 16.2 Å². The Bertz CT molecular complexity index is 506. The first-order chi connectivity index (χ1) is 8.30. The monoisotopic (exact) mass is 386 g/mol. The lowest BCUT2D eigenvalue weighted by molar-refractivity contribution is 0.581. The summed E-state index contributed by atoms with van der Waals surface area (Å²) in [7, 11) is -3.41. The Morgan fingerprint density at radius 1 is 1.39 bits per heavy atom. The van der Waals surface area contributed by atoms with Gasteiger partial charge in [-0.3, -0.25) is 4.72 Å². The van der Waals surface area contributed by atoms with E-state index in [1.165, 1.54) is 18.2 Å². The zero-order chi connectivity index (χ0) is 13.8. The highest BCUT2D eigenvalue weighted by atomic mass is 127. The van der Waals surface area contributed by atoms with Crippen LogP contribution in [-0.2, 0) is 10.0 Å². The van der Waals surface area contributed by atoms with Crippen molar-refractivity contribution in [3.05, 3.63) is 27.6 Å². The second-order valence-electron chi connectivity index (χ2n) is 4.15. The number of nitrogens with one attached hydrogen (secondary N) is 2. The number of anilines is 1. The predicted molar refractivity (Wildman–Crippen MR) is 79.7 cm³/mol. The van der Waals surface area contributed by atoms with Crippen LogP contribution in [0.5, 0.6) is 0 Å². The van der Waals surface area contributed by atoms with Gasteiger partial charge in [-0.2, -0.15) is 0 Å². The lowest BCUT2D eigenvalue weighted by Crippen LogP contribution is -2.31. The molecule has 0 aliphatic rings. The van der Waals surface area contributed by atoms with Gasteiger partial charge in [-0.1, -0.05) is 13.8 Å². The van der Waals surface area contributed by atoms with Gasteiger partial charge < -0.3 is 5.32 Å². The fourth-order valence-electron chi connectivity index (χ4n) is 1.27. The lowest BCUT2D eigenvalue weighted by atomic mass is 10.3. The van der Waals surface area contributed by atoms with Gasteiger partial charge in [0.1, 0.15) is 5.82 Å². The third kappa shape index (κ3) is 5.49. The van der Waals surface area contributed by atoms with Crippen molar-refractivity contribution in [1.29, 1.82) is 0 Å². The standard InChI is InChI=1S/C11H16FIN2O2S/c1-8(2)14-5-6-18(16,17)15-11-4-3-9(12)7-10(11)13/h3-4,7-8,14-15H,5-6H2,1-2H3. The van der Waals surface area contributed by atoms with Crippen LogP contribution in [0.1, 0.15) is 13.8 Å². The molecule has 0 spiro atoms. The van der Waals surface area contributed by atoms with Crippen LogP contribution in [0.2, 0.25) is 0 Å². The molecule has 102 valence electrons. The zero-order valence-electron chi connectivity index (χ0n) is 10.2. The number of rotatable bonds is 6. The molecule has 1 aromatic rings. The number of halogens is 2. The molecule has 18 heavy (non-hydrogen) atoms. The molecule has 0 radical (unpaired) electrons. The fourth-order valence-corrected chi connectivity index (χ4v) is 3.07. The van der Waals surface area contributed by atoms with Crippen LogP contribution < -0.4 is 10.0 Å². The molecule has 0 amide bonds. The quantitative estimate of drug-likeness (QED) is 0.737. The normalized spacial score (nSPS) is 11.8. The molecule has 0 saturated carbocycles. The van der Waals surface area contributed by atoms with Crippen LogP contribution >= 0.6 is 22.6 Å². The SMILES string of the molecule is CC(C)NCCS(=O)(=O)Nc1ccc(F)cc1I. The zero-order valence-corrected chi connectivity index (χ0v) is 13.2. The van der Waals surface area contributed by atoms with Crippen LogP contribution in [-0.4, -0.2) is 26.8 Å². The number of benzene rings is 1. The highest BCUT2D eigenvalue weighted by Crippen LogP contribution is 2.20. The summed E-state index contributed by atoms with van der Waals surface area (Å²) in [6.45, 7) is 4.27. The van der Waals surface area contributed by atoms with Gasteiger partial charge in [-0.05, 0) is 40.8 Å². The largest absolute Gasteiger partial charge is 0.313 e. The molecule has 2 N–H and O–H groups in total. The maximum Gasteiger partial charge on any atom is 0.234 e. The first-order valence-corrected chi connectivity index (χ1v) is 8.22. The topological polar surface area (TPSA) is 58.2 Å². The van der Waals surface area contributed by atoms with Crippen molar-refractivity contribution in [2.24, 2.45) is 0 Å². The minimum atomic E-state index is -3.41. The molecule has 7 heteroatoms. The van der Waals surface area contributed by atoms with E-state index in [2.05, 4.69) is 10.0 Å². The van der Waals surface area contributed by atoms with Gasteiger partial charge in [0.25, 0.3) is 0 Å². The van der Waals surface area contributed by atoms with E-state index >= 15 is 0 Å². The van der Waals surface area contributed by atoms with Crippen molar-refractivity contribution in [3.8, 4) is 0 Å². The Balaban J connectivity index is 2.65. The van der Waals surface area contributed by atoms with Crippen LogP contribution in [0.15, 0.2) is 18.2 Å². The fraction of sp³-hybridized carbons (Fsp3) is 0.455. The maximum atomic E-state index is 12.9. The third-order valence-electron chi connectivity index (χ3n) is 2.12. The lowest BCUT2D eigenvalue weighted by Gasteiger charge is -2.11. The average molecular weight is 386 g/mol. The van der Waals surface area contributed by atoms with Crippen LogP contribution in [0.25, 0.3) is 0 Å². The number of hydrogen-bond acceptors (Lipinski definition) is 3. The van der Waals surface area contributed by atoms with E-state index in [4.69, 9.17) is 0 Å². The van der Waals surface area contributed by atoms with Gasteiger partial charge in [0.05, 0.1) is 11.4 Å². The Kier molecular flexibility index (Phi) is 5.80. The molecule has 0 unspecified atom stereocenters. The van der Waals surface area contributed by atoms with Crippen molar-refractivity contribution in [2.75, 3.05) is 17.0 Å². The Morgan fingerprint density at radius 2 is 2.06 bits per heavy atom. The summed E-state index contributed by atoms with van der Waals surface area (Å²) in [6, 6.07) is 4.17. The minimum Gasteiger partial charge on any atom is -0.313 e. The molecule has 4 nitrogen and oxygen atoms in total. The first-order valence-electron chi connectivity index (χ1n) is 5.49. The van der Waals surface area contributed by atoms with Crippen LogP contribution in [0.4, 0.5) is 10.1 Å². The summed E-state index contributed by atoms with van der Waals surface area (Å²) in [5, 5.41) is 3.03. The van der Waals surface area contributed by atoms with Gasteiger partial charge in [0.15, 0.2) is 0 Å². The molecule has 0 aliphatic heterocycles. The number of sulfonamides is 1. The van der Waals surface area contributed by atoms with Gasteiger partial charge in [-0.15, -0.1) is 0 Å². The highest BCUT2D eigenvalue weighted by molar-refractivity contribution is 14.1. The van der Waals surface area contributed by atoms with E-state index in [1.807, 2.05) is 36.4 Å². The molecule has 0 atom stereocenters. The second kappa shape index (κ2) is 6.67. The number of hydrogen-bond donors (Lipinski definition) is 2. The van der Waals surface area contributed by atoms with E-state index in [1.54, 1.807) is 0 Å². The average Bonchev–Trinajstić information content (AvgIpc) is 2.21.